The van der Waals surface area contributed by atoms with Crippen molar-refractivity contribution in [2.45, 2.75) is 25.4 Å². The van der Waals surface area contributed by atoms with E-state index in [1.807, 2.05) is 0 Å². The highest BCUT2D eigenvalue weighted by molar-refractivity contribution is 7.87. The van der Waals surface area contributed by atoms with E-state index >= 15 is 0 Å². The maximum absolute atomic E-state index is 13.0. The summed E-state index contributed by atoms with van der Waals surface area (Å²) in [4.78, 5) is 12.0. The fourth-order valence-electron chi connectivity index (χ4n) is 2.31. The van der Waals surface area contributed by atoms with Crippen LogP contribution in [0.1, 0.15) is 24.9 Å². The van der Waals surface area contributed by atoms with Crippen molar-refractivity contribution in [1.29, 1.82) is 0 Å². The number of rotatable bonds is 3. The molecule has 0 spiro atoms. The van der Waals surface area contributed by atoms with E-state index in [-0.39, 0.29) is 12.3 Å². The van der Waals surface area contributed by atoms with Crippen molar-refractivity contribution in [3.05, 3.63) is 35.6 Å². The second kappa shape index (κ2) is 6.08. The van der Waals surface area contributed by atoms with Gasteiger partial charge in [0.2, 0.25) is 5.91 Å². The topological polar surface area (TPSA) is 78.5 Å². The lowest BCUT2D eigenvalue weighted by atomic mass is 9.99. The van der Waals surface area contributed by atoms with Crippen molar-refractivity contribution in [1.82, 2.24) is 14.3 Å². The van der Waals surface area contributed by atoms with E-state index < -0.39 is 28.1 Å². The summed E-state index contributed by atoms with van der Waals surface area (Å²) >= 11 is 0. The smallest absolute Gasteiger partial charge is 0.280 e. The first kappa shape index (κ1) is 15.9. The molecule has 0 aromatic heterocycles. The molecule has 1 fully saturated rings. The average Bonchev–Trinajstić information content (AvgIpc) is 2.42. The van der Waals surface area contributed by atoms with E-state index in [0.717, 1.165) is 4.31 Å². The predicted octanol–water partition coefficient (Wildman–Crippen LogP) is 0.541. The summed E-state index contributed by atoms with van der Waals surface area (Å²) in [5.74, 6) is -0.730. The van der Waals surface area contributed by atoms with Crippen LogP contribution in [0.25, 0.3) is 0 Å². The summed E-state index contributed by atoms with van der Waals surface area (Å²) in [6.45, 7) is 2.20. The maximum atomic E-state index is 13.0. The van der Waals surface area contributed by atoms with Gasteiger partial charge in [-0.05, 0) is 31.0 Å². The summed E-state index contributed by atoms with van der Waals surface area (Å²) in [7, 11) is -2.39. The van der Waals surface area contributed by atoms with E-state index in [1.54, 1.807) is 6.92 Å². The fraction of sp³-hybridized carbons (Fsp3) is 0.462. The van der Waals surface area contributed by atoms with Crippen LogP contribution in [0.4, 0.5) is 4.39 Å². The number of hydrogen-bond donors (Lipinski definition) is 2. The third-order valence-corrected chi connectivity index (χ3v) is 5.09. The maximum Gasteiger partial charge on any atom is 0.280 e. The number of carbonyl (C=O) groups excluding carboxylic acids is 1. The van der Waals surface area contributed by atoms with Crippen LogP contribution in [-0.2, 0) is 15.0 Å². The summed E-state index contributed by atoms with van der Waals surface area (Å²) in [5, 5.41) is 2.63. The van der Waals surface area contributed by atoms with Crippen LogP contribution in [0.15, 0.2) is 24.3 Å². The minimum absolute atomic E-state index is 0.285. The zero-order valence-corrected chi connectivity index (χ0v) is 12.7. The molecule has 1 aliphatic rings. The van der Waals surface area contributed by atoms with Crippen molar-refractivity contribution in [2.24, 2.45) is 0 Å². The number of nitrogens with one attached hydrogen (secondary N) is 2. The molecule has 21 heavy (non-hydrogen) atoms. The standard InChI is InChI=1S/C13H18FN3O3S/c1-3-15-13(18)12-8-11(16-21(19,20)17(12)2)9-4-6-10(14)7-5-9/h4-7,11-12,16H,3,8H2,1-2H3,(H,15,18)/t11-,12-/m1/s1. The number of carbonyl (C=O) groups is 1. The number of amides is 1. The lowest BCUT2D eigenvalue weighted by Crippen LogP contribution is -2.57. The lowest BCUT2D eigenvalue weighted by Gasteiger charge is -2.36. The number of benzene rings is 1. The second-order valence-electron chi connectivity index (χ2n) is 4.89. The SMILES string of the molecule is CCNC(=O)[C@H]1C[C@H](c2ccc(F)cc2)NS(=O)(=O)N1C. The van der Waals surface area contributed by atoms with Crippen molar-refractivity contribution in [3.63, 3.8) is 0 Å². The summed E-state index contributed by atoms with van der Waals surface area (Å²) in [6.07, 6.45) is 0.285. The zero-order chi connectivity index (χ0) is 15.6. The molecule has 1 heterocycles. The van der Waals surface area contributed by atoms with Crippen molar-refractivity contribution in [2.75, 3.05) is 13.6 Å². The van der Waals surface area contributed by atoms with Gasteiger partial charge in [0.25, 0.3) is 10.2 Å². The summed E-state index contributed by atoms with van der Waals surface area (Å²) in [6, 6.07) is 4.22. The molecule has 6 nitrogen and oxygen atoms in total. The monoisotopic (exact) mass is 315 g/mol. The van der Waals surface area contributed by atoms with Gasteiger partial charge in [0.05, 0.1) is 0 Å². The molecule has 8 heteroatoms. The lowest BCUT2D eigenvalue weighted by molar-refractivity contribution is -0.125. The molecule has 0 unspecified atom stereocenters. The van der Waals surface area contributed by atoms with Gasteiger partial charge in [-0.1, -0.05) is 12.1 Å². The molecule has 116 valence electrons. The highest BCUT2D eigenvalue weighted by Gasteiger charge is 2.40. The molecule has 1 aliphatic heterocycles. The van der Waals surface area contributed by atoms with Crippen LogP contribution in [-0.4, -0.2) is 38.3 Å². The molecule has 2 atom stereocenters. The number of halogens is 1. The molecule has 0 bridgehead atoms. The minimum atomic E-state index is -3.75. The number of likely N-dealkylation sites (N-methyl/N-ethyl adjacent to an activating group) is 2. The van der Waals surface area contributed by atoms with Gasteiger partial charge >= 0.3 is 0 Å². The fourth-order valence-corrected chi connectivity index (χ4v) is 3.59. The van der Waals surface area contributed by atoms with Gasteiger partial charge in [-0.3, -0.25) is 4.79 Å². The Morgan fingerprint density at radius 2 is 2.05 bits per heavy atom. The van der Waals surface area contributed by atoms with Gasteiger partial charge in [-0.15, -0.1) is 0 Å². The van der Waals surface area contributed by atoms with Crippen molar-refractivity contribution >= 4 is 16.1 Å². The minimum Gasteiger partial charge on any atom is -0.355 e. The van der Waals surface area contributed by atoms with Gasteiger partial charge in [-0.2, -0.15) is 17.4 Å². The highest BCUT2D eigenvalue weighted by Crippen LogP contribution is 2.27. The van der Waals surface area contributed by atoms with Gasteiger partial charge in [0.15, 0.2) is 0 Å². The molecule has 1 aromatic carbocycles. The van der Waals surface area contributed by atoms with Crippen LogP contribution in [0.3, 0.4) is 0 Å². The van der Waals surface area contributed by atoms with E-state index in [4.69, 9.17) is 0 Å². The number of hydrogen-bond acceptors (Lipinski definition) is 3. The number of nitrogens with zero attached hydrogens (tertiary/aromatic N) is 1. The van der Waals surface area contributed by atoms with Crippen molar-refractivity contribution < 1.29 is 17.6 Å². The predicted molar refractivity (Wildman–Crippen MR) is 76.0 cm³/mol. The van der Waals surface area contributed by atoms with Crippen molar-refractivity contribution in [3.8, 4) is 0 Å². The molecule has 2 N–H and O–H groups in total. The molecule has 1 amide bonds. The first-order valence-electron chi connectivity index (χ1n) is 6.63. The Balaban J connectivity index is 2.29. The first-order valence-corrected chi connectivity index (χ1v) is 8.07. The van der Waals surface area contributed by atoms with Gasteiger partial charge in [0, 0.05) is 19.6 Å². The first-order chi connectivity index (χ1) is 9.85. The van der Waals surface area contributed by atoms with Crippen LogP contribution < -0.4 is 10.0 Å². The van der Waals surface area contributed by atoms with E-state index in [9.17, 15) is 17.6 Å². The molecule has 0 radical (unpaired) electrons. The molecular formula is C13H18FN3O3S. The van der Waals surface area contributed by atoms with Gasteiger partial charge in [-0.25, -0.2) is 4.39 Å². The normalized spacial score (nSPS) is 25.5. The molecule has 0 saturated carbocycles. The molecular weight excluding hydrogens is 297 g/mol. The van der Waals surface area contributed by atoms with E-state index in [0.29, 0.717) is 12.1 Å². The zero-order valence-electron chi connectivity index (χ0n) is 11.8. The second-order valence-corrected chi connectivity index (χ2v) is 6.65. The Hall–Kier alpha value is -1.51. The summed E-state index contributed by atoms with van der Waals surface area (Å²) in [5.41, 5.74) is 0.627. The largest absolute Gasteiger partial charge is 0.355 e. The Kier molecular flexibility index (Phi) is 4.60. The van der Waals surface area contributed by atoms with Crippen LogP contribution in [0.2, 0.25) is 0 Å². The Morgan fingerprint density at radius 3 is 2.62 bits per heavy atom. The van der Waals surface area contributed by atoms with Crippen LogP contribution in [0, 0.1) is 5.82 Å². The van der Waals surface area contributed by atoms with Gasteiger partial charge < -0.3 is 5.32 Å². The average molecular weight is 315 g/mol. The third kappa shape index (κ3) is 3.39. The van der Waals surface area contributed by atoms with Gasteiger partial charge in [0.1, 0.15) is 11.9 Å². The van der Waals surface area contributed by atoms with E-state index in [1.165, 1.54) is 31.3 Å². The Bertz CT molecular complexity index is 618. The highest BCUT2D eigenvalue weighted by atomic mass is 32.2. The third-order valence-electron chi connectivity index (χ3n) is 3.49. The summed E-state index contributed by atoms with van der Waals surface area (Å²) < 4.78 is 40.7. The molecule has 2 rings (SSSR count). The molecule has 0 aliphatic carbocycles. The van der Waals surface area contributed by atoms with E-state index in [2.05, 4.69) is 10.0 Å². The molecule has 1 saturated heterocycles. The quantitative estimate of drug-likeness (QED) is 0.854. The Labute approximate surface area is 123 Å². The van der Waals surface area contributed by atoms with Crippen LogP contribution in [0.5, 0.6) is 0 Å². The Morgan fingerprint density at radius 1 is 1.43 bits per heavy atom. The van der Waals surface area contributed by atoms with Crippen LogP contribution >= 0.6 is 0 Å². The molecule has 1 aromatic rings.